The van der Waals surface area contributed by atoms with E-state index in [1.807, 2.05) is 30.3 Å². The van der Waals surface area contributed by atoms with Crippen LogP contribution in [0.3, 0.4) is 0 Å². The van der Waals surface area contributed by atoms with E-state index >= 15 is 0 Å². The maximum absolute atomic E-state index is 13.4. The quantitative estimate of drug-likeness (QED) is 0.535. The Morgan fingerprint density at radius 2 is 1.78 bits per heavy atom. The van der Waals surface area contributed by atoms with Gasteiger partial charge in [-0.15, -0.1) is 0 Å². The molecule has 0 aliphatic carbocycles. The molecular formula is C24H29F3N2O3. The number of aliphatic hydroxyl groups excluding tert-OH is 2. The zero-order valence-corrected chi connectivity index (χ0v) is 17.9. The first-order chi connectivity index (χ1) is 15.2. The summed E-state index contributed by atoms with van der Waals surface area (Å²) in [7, 11) is 0. The van der Waals surface area contributed by atoms with Crippen LogP contribution in [-0.4, -0.2) is 41.6 Å². The van der Waals surface area contributed by atoms with Gasteiger partial charge in [-0.25, -0.2) is 0 Å². The Kier molecular flexibility index (Phi) is 6.49. The van der Waals surface area contributed by atoms with Crippen molar-refractivity contribution in [2.24, 2.45) is 5.92 Å². The second-order valence-electron chi connectivity index (χ2n) is 9.01. The molecule has 4 rings (SSSR count). The molecule has 4 N–H and O–H groups in total. The van der Waals surface area contributed by atoms with Crippen molar-refractivity contribution in [1.29, 1.82) is 0 Å². The van der Waals surface area contributed by atoms with Crippen LogP contribution in [0.15, 0.2) is 48.5 Å². The van der Waals surface area contributed by atoms with E-state index in [1.54, 1.807) is 6.92 Å². The van der Waals surface area contributed by atoms with Gasteiger partial charge < -0.3 is 25.6 Å². The minimum atomic E-state index is -4.43. The van der Waals surface area contributed by atoms with Crippen LogP contribution in [0, 0.1) is 5.92 Å². The first kappa shape index (κ1) is 23.0. The normalized spacial score (nSPS) is 25.6. The lowest BCUT2D eigenvalue weighted by molar-refractivity contribution is -0.138. The maximum atomic E-state index is 13.4. The number of hydrogen-bond donors (Lipinski definition) is 4. The van der Waals surface area contributed by atoms with Gasteiger partial charge in [0.15, 0.2) is 0 Å². The highest BCUT2D eigenvalue weighted by molar-refractivity contribution is 5.58. The maximum Gasteiger partial charge on any atom is 0.416 e. The number of rotatable bonds is 6. The van der Waals surface area contributed by atoms with Gasteiger partial charge in [-0.3, -0.25) is 0 Å². The van der Waals surface area contributed by atoms with Crippen molar-refractivity contribution in [3.8, 4) is 0 Å². The van der Waals surface area contributed by atoms with Crippen LogP contribution in [0.1, 0.15) is 48.6 Å². The number of aliphatic hydroxyl groups is 2. The third-order valence-corrected chi connectivity index (χ3v) is 6.59. The first-order valence-corrected chi connectivity index (χ1v) is 10.9. The summed E-state index contributed by atoms with van der Waals surface area (Å²) in [5, 5.41) is 25.6. The van der Waals surface area contributed by atoms with Gasteiger partial charge in [0.05, 0.1) is 42.6 Å². The Balaban J connectivity index is 1.64. The van der Waals surface area contributed by atoms with Crippen molar-refractivity contribution in [3.05, 3.63) is 65.2 Å². The fourth-order valence-corrected chi connectivity index (χ4v) is 4.59. The van der Waals surface area contributed by atoms with Gasteiger partial charge in [0.25, 0.3) is 0 Å². The molecule has 5 nitrogen and oxygen atoms in total. The SMILES string of the molecule is CC(CO)(CO)NC[C@H]1CC[C@@H]2[C@H](O1)c1cc(C(F)(F)F)ccc1N[C@H]2c1ccccc1. The highest BCUT2D eigenvalue weighted by atomic mass is 19.4. The van der Waals surface area contributed by atoms with E-state index in [9.17, 15) is 23.4 Å². The van der Waals surface area contributed by atoms with E-state index < -0.39 is 23.4 Å². The number of ether oxygens (including phenoxy) is 1. The van der Waals surface area contributed by atoms with Crippen molar-refractivity contribution in [2.45, 2.75) is 49.7 Å². The molecule has 2 aliphatic rings. The molecule has 0 bridgehead atoms. The molecular weight excluding hydrogens is 421 g/mol. The van der Waals surface area contributed by atoms with Crippen LogP contribution >= 0.6 is 0 Å². The monoisotopic (exact) mass is 450 g/mol. The molecule has 0 aromatic heterocycles. The van der Waals surface area contributed by atoms with Crippen LogP contribution in [0.25, 0.3) is 0 Å². The molecule has 0 unspecified atom stereocenters. The third kappa shape index (κ3) is 4.64. The third-order valence-electron chi connectivity index (χ3n) is 6.59. The molecule has 1 fully saturated rings. The molecule has 2 aliphatic heterocycles. The number of alkyl halides is 3. The van der Waals surface area contributed by atoms with Crippen molar-refractivity contribution in [2.75, 3.05) is 25.1 Å². The van der Waals surface area contributed by atoms with Crippen molar-refractivity contribution in [1.82, 2.24) is 5.32 Å². The number of benzene rings is 2. The summed E-state index contributed by atoms with van der Waals surface area (Å²) in [6.45, 7) is 1.62. The molecule has 0 amide bonds. The summed E-state index contributed by atoms with van der Waals surface area (Å²) in [6.07, 6.45) is -3.67. The van der Waals surface area contributed by atoms with E-state index in [4.69, 9.17) is 4.74 Å². The summed E-state index contributed by atoms with van der Waals surface area (Å²) in [4.78, 5) is 0. The molecule has 8 heteroatoms. The molecule has 32 heavy (non-hydrogen) atoms. The van der Waals surface area contributed by atoms with Crippen molar-refractivity contribution < 1.29 is 28.1 Å². The molecule has 0 radical (unpaired) electrons. The van der Waals surface area contributed by atoms with Gasteiger partial charge in [-0.05, 0) is 43.5 Å². The van der Waals surface area contributed by atoms with Gasteiger partial charge in [0.1, 0.15) is 0 Å². The van der Waals surface area contributed by atoms with Crippen molar-refractivity contribution >= 4 is 5.69 Å². The zero-order valence-electron chi connectivity index (χ0n) is 17.9. The van der Waals surface area contributed by atoms with Gasteiger partial charge in [0.2, 0.25) is 0 Å². The standard InChI is InChI=1S/C24H29F3N2O3/c1-23(13-30,14-31)28-12-17-8-9-18-21(15-5-3-2-4-6-15)29-20-10-7-16(24(25,26)27)11-19(20)22(18)32-17/h2-7,10-11,17-18,21-22,28-31H,8-9,12-14H2,1H3/t17-,18+,21+,22+/m1/s1. The fraction of sp³-hybridized carbons (Fsp3) is 0.500. The van der Waals surface area contributed by atoms with Crippen LogP contribution in [0.5, 0.6) is 0 Å². The lowest BCUT2D eigenvalue weighted by Crippen LogP contribution is -2.52. The zero-order chi connectivity index (χ0) is 22.9. The van der Waals surface area contributed by atoms with Gasteiger partial charge >= 0.3 is 6.18 Å². The summed E-state index contributed by atoms with van der Waals surface area (Å²) < 4.78 is 46.6. The fourth-order valence-electron chi connectivity index (χ4n) is 4.59. The van der Waals surface area contributed by atoms with E-state index in [0.717, 1.165) is 24.5 Å². The van der Waals surface area contributed by atoms with Gasteiger partial charge in [-0.1, -0.05) is 30.3 Å². The second-order valence-corrected chi connectivity index (χ2v) is 9.01. The summed E-state index contributed by atoms with van der Waals surface area (Å²) in [5.74, 6) is -0.0216. The predicted octanol–water partition coefficient (Wildman–Crippen LogP) is 4.04. The molecule has 4 atom stereocenters. The van der Waals surface area contributed by atoms with Crippen molar-refractivity contribution in [3.63, 3.8) is 0 Å². The number of nitrogens with one attached hydrogen (secondary N) is 2. The highest BCUT2D eigenvalue weighted by Crippen LogP contribution is 2.51. The number of fused-ring (bicyclic) bond motifs is 3. The molecule has 2 aromatic carbocycles. The van der Waals surface area contributed by atoms with E-state index in [2.05, 4.69) is 10.6 Å². The Morgan fingerprint density at radius 1 is 1.06 bits per heavy atom. The molecule has 0 spiro atoms. The van der Waals surface area contributed by atoms with E-state index in [-0.39, 0.29) is 31.3 Å². The number of anilines is 1. The molecule has 1 saturated heterocycles. The van der Waals surface area contributed by atoms with Crippen LogP contribution in [-0.2, 0) is 10.9 Å². The van der Waals surface area contributed by atoms with E-state index in [0.29, 0.717) is 17.8 Å². The number of halogens is 3. The largest absolute Gasteiger partial charge is 0.416 e. The average Bonchev–Trinajstić information content (AvgIpc) is 2.81. The second kappa shape index (κ2) is 9.02. The smallest absolute Gasteiger partial charge is 0.394 e. The Labute approximate surface area is 185 Å². The predicted molar refractivity (Wildman–Crippen MR) is 115 cm³/mol. The summed E-state index contributed by atoms with van der Waals surface area (Å²) >= 11 is 0. The Hall–Kier alpha value is -2.13. The summed E-state index contributed by atoms with van der Waals surface area (Å²) in [5.41, 5.74) is 0.710. The highest BCUT2D eigenvalue weighted by Gasteiger charge is 2.43. The summed E-state index contributed by atoms with van der Waals surface area (Å²) in [6, 6.07) is 13.6. The van der Waals surface area contributed by atoms with Gasteiger partial charge in [-0.2, -0.15) is 13.2 Å². The van der Waals surface area contributed by atoms with Crippen LogP contribution in [0.2, 0.25) is 0 Å². The Morgan fingerprint density at radius 3 is 2.44 bits per heavy atom. The number of hydrogen-bond acceptors (Lipinski definition) is 5. The van der Waals surface area contributed by atoms with Crippen LogP contribution < -0.4 is 10.6 Å². The Bertz CT molecular complexity index is 918. The minimum Gasteiger partial charge on any atom is -0.394 e. The van der Waals surface area contributed by atoms with E-state index in [1.165, 1.54) is 12.1 Å². The molecule has 0 saturated carbocycles. The topological polar surface area (TPSA) is 73.8 Å². The molecule has 2 heterocycles. The lowest BCUT2D eigenvalue weighted by Gasteiger charge is -2.46. The lowest BCUT2D eigenvalue weighted by atomic mass is 9.76. The first-order valence-electron chi connectivity index (χ1n) is 10.9. The van der Waals surface area contributed by atoms with Crippen LogP contribution in [0.4, 0.5) is 18.9 Å². The average molecular weight is 451 g/mol. The minimum absolute atomic E-state index is 0.0216. The molecule has 2 aromatic rings. The van der Waals surface area contributed by atoms with Gasteiger partial charge in [0, 0.05) is 23.7 Å². The molecule has 174 valence electrons.